The van der Waals surface area contributed by atoms with Gasteiger partial charge in [0.1, 0.15) is 5.54 Å². The maximum atomic E-state index is 13.1. The van der Waals surface area contributed by atoms with Crippen LogP contribution in [0.5, 0.6) is 0 Å². The van der Waals surface area contributed by atoms with Gasteiger partial charge in [-0.3, -0.25) is 14.3 Å². The first-order chi connectivity index (χ1) is 12.1. The van der Waals surface area contributed by atoms with Gasteiger partial charge in [-0.2, -0.15) is 5.10 Å². The van der Waals surface area contributed by atoms with Gasteiger partial charge in [-0.05, 0) is 49.7 Å². The van der Waals surface area contributed by atoms with Crippen LogP contribution in [0.1, 0.15) is 18.4 Å². The monoisotopic (exact) mass is 378 g/mol. The van der Waals surface area contributed by atoms with Crippen LogP contribution in [0.25, 0.3) is 0 Å². The van der Waals surface area contributed by atoms with Gasteiger partial charge < -0.3 is 15.4 Å². The number of piperidine rings is 1. The molecule has 1 aliphatic rings. The lowest BCUT2D eigenvalue weighted by Crippen LogP contribution is -2.52. The van der Waals surface area contributed by atoms with Crippen LogP contribution in [0.15, 0.2) is 42.7 Å². The summed E-state index contributed by atoms with van der Waals surface area (Å²) in [5.74, 6) is -0.400. The van der Waals surface area contributed by atoms with E-state index in [0.717, 1.165) is 18.7 Å². The lowest BCUT2D eigenvalue weighted by Gasteiger charge is -2.36. The summed E-state index contributed by atoms with van der Waals surface area (Å²) in [5, 5.41) is 10.6. The summed E-state index contributed by atoms with van der Waals surface area (Å²) in [6, 6.07) is 9.09. The van der Waals surface area contributed by atoms with Crippen molar-refractivity contribution in [3.8, 4) is 0 Å². The van der Waals surface area contributed by atoms with E-state index in [-0.39, 0.29) is 30.7 Å². The molecule has 0 spiro atoms. The second-order valence-electron chi connectivity index (χ2n) is 6.14. The number of aromatic nitrogens is 2. The molecule has 2 heterocycles. The number of halogens is 1. The van der Waals surface area contributed by atoms with E-state index in [9.17, 15) is 9.59 Å². The van der Waals surface area contributed by atoms with Crippen LogP contribution in [0.2, 0.25) is 0 Å². The predicted molar refractivity (Wildman–Crippen MR) is 100 cm³/mol. The summed E-state index contributed by atoms with van der Waals surface area (Å²) in [6.07, 6.45) is 5.03. The zero-order valence-corrected chi connectivity index (χ0v) is 15.4. The molecule has 1 saturated heterocycles. The fraction of sp³-hybridized carbons (Fsp3) is 0.389. The van der Waals surface area contributed by atoms with Crippen LogP contribution in [0.4, 0.5) is 5.69 Å². The molecule has 1 aliphatic heterocycles. The molecule has 1 aromatic carbocycles. The Balaban J connectivity index is 0.00000243. The van der Waals surface area contributed by atoms with Gasteiger partial charge in [-0.1, -0.05) is 12.1 Å². The number of esters is 1. The van der Waals surface area contributed by atoms with E-state index in [1.165, 1.54) is 7.11 Å². The van der Waals surface area contributed by atoms with Crippen LogP contribution in [-0.4, -0.2) is 41.9 Å². The summed E-state index contributed by atoms with van der Waals surface area (Å²) >= 11 is 0. The van der Waals surface area contributed by atoms with E-state index in [2.05, 4.69) is 15.7 Å². The molecular weight excluding hydrogens is 356 g/mol. The quantitative estimate of drug-likeness (QED) is 0.774. The molecule has 0 aliphatic carbocycles. The first-order valence-corrected chi connectivity index (χ1v) is 8.32. The molecule has 140 valence electrons. The highest BCUT2D eigenvalue weighted by Crippen LogP contribution is 2.28. The highest BCUT2D eigenvalue weighted by Gasteiger charge is 2.42. The van der Waals surface area contributed by atoms with Crippen LogP contribution in [0.3, 0.4) is 0 Å². The minimum atomic E-state index is -0.701. The number of hydrogen-bond donors (Lipinski definition) is 2. The second-order valence-corrected chi connectivity index (χ2v) is 6.14. The Morgan fingerprint density at radius 3 is 2.73 bits per heavy atom. The van der Waals surface area contributed by atoms with Crippen molar-refractivity contribution < 1.29 is 14.3 Å². The molecule has 3 rings (SSSR count). The minimum absolute atomic E-state index is 0. The Bertz CT molecular complexity index is 743. The largest absolute Gasteiger partial charge is 0.469 e. The Labute approximate surface area is 158 Å². The first kappa shape index (κ1) is 19.9. The molecule has 0 unspecified atom stereocenters. The molecule has 0 bridgehead atoms. The molecule has 1 aromatic heterocycles. The topological polar surface area (TPSA) is 85.2 Å². The maximum absolute atomic E-state index is 13.1. The summed E-state index contributed by atoms with van der Waals surface area (Å²) in [7, 11) is 1.36. The van der Waals surface area contributed by atoms with Crippen molar-refractivity contribution in [1.29, 1.82) is 0 Å². The third-order valence-electron chi connectivity index (χ3n) is 4.56. The molecule has 0 atom stereocenters. The Kier molecular flexibility index (Phi) is 6.76. The van der Waals surface area contributed by atoms with E-state index in [1.807, 2.05) is 30.5 Å². The number of methoxy groups -OCH3 is 1. The van der Waals surface area contributed by atoms with Crippen molar-refractivity contribution in [1.82, 2.24) is 15.1 Å². The molecule has 2 N–H and O–H groups in total. The van der Waals surface area contributed by atoms with Gasteiger partial charge in [0.2, 0.25) is 0 Å². The second kappa shape index (κ2) is 8.82. The molecule has 1 amide bonds. The fourth-order valence-corrected chi connectivity index (χ4v) is 3.17. The van der Waals surface area contributed by atoms with Crippen molar-refractivity contribution in [3.05, 3.63) is 48.3 Å². The predicted octanol–water partition coefficient (Wildman–Crippen LogP) is 1.74. The number of carbonyl (C=O) groups is 2. The zero-order chi connectivity index (χ0) is 17.7. The minimum Gasteiger partial charge on any atom is -0.469 e. The number of carbonyl (C=O) groups excluding carboxylic acids is 2. The van der Waals surface area contributed by atoms with Crippen molar-refractivity contribution in [3.63, 3.8) is 0 Å². The molecule has 1 fully saturated rings. The number of nitrogens with zero attached hydrogens (tertiary/aromatic N) is 2. The molecule has 0 saturated carbocycles. The van der Waals surface area contributed by atoms with Crippen LogP contribution < -0.4 is 10.6 Å². The lowest BCUT2D eigenvalue weighted by molar-refractivity contribution is -0.139. The maximum Gasteiger partial charge on any atom is 0.309 e. The van der Waals surface area contributed by atoms with Gasteiger partial charge in [0.15, 0.2) is 0 Å². The van der Waals surface area contributed by atoms with Gasteiger partial charge in [-0.25, -0.2) is 0 Å². The van der Waals surface area contributed by atoms with Crippen molar-refractivity contribution >= 4 is 30.0 Å². The summed E-state index contributed by atoms with van der Waals surface area (Å²) in [6.45, 7) is 1.52. The summed E-state index contributed by atoms with van der Waals surface area (Å²) in [5.41, 5.74) is 0.757. The molecular formula is C18H23ClN4O3. The number of amides is 1. The normalized spacial score (nSPS) is 15.6. The highest BCUT2D eigenvalue weighted by molar-refractivity contribution is 5.97. The van der Waals surface area contributed by atoms with Crippen molar-refractivity contribution in [2.75, 3.05) is 25.5 Å². The van der Waals surface area contributed by atoms with Crippen molar-refractivity contribution in [2.45, 2.75) is 24.8 Å². The fourth-order valence-electron chi connectivity index (χ4n) is 3.17. The Morgan fingerprint density at radius 2 is 2.08 bits per heavy atom. The smallest absolute Gasteiger partial charge is 0.309 e. The van der Waals surface area contributed by atoms with Crippen LogP contribution in [0, 0.1) is 0 Å². The van der Waals surface area contributed by atoms with Gasteiger partial charge in [0.25, 0.3) is 5.91 Å². The lowest BCUT2D eigenvalue weighted by atomic mass is 9.87. The first-order valence-electron chi connectivity index (χ1n) is 8.32. The van der Waals surface area contributed by atoms with Gasteiger partial charge in [0, 0.05) is 18.1 Å². The average molecular weight is 379 g/mol. The Hall–Kier alpha value is -2.38. The van der Waals surface area contributed by atoms with E-state index in [0.29, 0.717) is 18.5 Å². The highest BCUT2D eigenvalue weighted by atomic mass is 35.5. The van der Waals surface area contributed by atoms with E-state index in [4.69, 9.17) is 4.74 Å². The van der Waals surface area contributed by atoms with Crippen LogP contribution in [-0.2, 0) is 26.3 Å². The molecule has 2 aromatic rings. The number of anilines is 1. The summed E-state index contributed by atoms with van der Waals surface area (Å²) < 4.78 is 6.44. The molecule has 0 radical (unpaired) electrons. The number of ether oxygens (including phenoxy) is 1. The molecule has 26 heavy (non-hydrogen) atoms. The zero-order valence-electron chi connectivity index (χ0n) is 14.6. The number of benzene rings is 1. The third-order valence-corrected chi connectivity index (χ3v) is 4.56. The van der Waals surface area contributed by atoms with Crippen LogP contribution >= 0.6 is 12.4 Å². The van der Waals surface area contributed by atoms with E-state index < -0.39 is 5.54 Å². The van der Waals surface area contributed by atoms with E-state index >= 15 is 0 Å². The van der Waals surface area contributed by atoms with Gasteiger partial charge in [0.05, 0.1) is 13.5 Å². The van der Waals surface area contributed by atoms with Gasteiger partial charge in [-0.15, -0.1) is 12.4 Å². The number of hydrogen-bond acceptors (Lipinski definition) is 5. The SMILES string of the molecule is COC(=O)Cc1cccc(NC(=O)C2(n3cccn3)CCNCC2)c1.Cl. The van der Waals surface area contributed by atoms with Gasteiger partial charge >= 0.3 is 5.97 Å². The Morgan fingerprint density at radius 1 is 1.31 bits per heavy atom. The molecule has 7 nitrogen and oxygen atoms in total. The average Bonchev–Trinajstić information content (AvgIpc) is 3.17. The van der Waals surface area contributed by atoms with E-state index in [1.54, 1.807) is 16.9 Å². The standard InChI is InChI=1S/C18H22N4O3.ClH/c1-25-16(23)13-14-4-2-5-15(12-14)21-17(24)18(6-9-19-10-7-18)22-11-3-8-20-22;/h2-5,8,11-12,19H,6-7,9-10,13H2,1H3,(H,21,24);1H. The van der Waals surface area contributed by atoms with Crippen molar-refractivity contribution in [2.24, 2.45) is 0 Å². The molecule has 8 heteroatoms. The summed E-state index contributed by atoms with van der Waals surface area (Å²) in [4.78, 5) is 24.5. The number of nitrogens with one attached hydrogen (secondary N) is 2. The third kappa shape index (κ3) is 4.23. The number of rotatable bonds is 5.